The van der Waals surface area contributed by atoms with Gasteiger partial charge in [0.15, 0.2) is 0 Å². The van der Waals surface area contributed by atoms with Crippen LogP contribution < -0.4 is 10.1 Å². The van der Waals surface area contributed by atoms with Crippen molar-refractivity contribution >= 4 is 5.91 Å². The fourth-order valence-corrected chi connectivity index (χ4v) is 3.56. The zero-order valence-corrected chi connectivity index (χ0v) is 16.8. The fourth-order valence-electron chi connectivity index (χ4n) is 3.56. The number of para-hydroxylation sites is 1. The van der Waals surface area contributed by atoms with Crippen molar-refractivity contribution in [2.45, 2.75) is 39.3 Å². The van der Waals surface area contributed by atoms with Crippen LogP contribution in [0.5, 0.6) is 5.75 Å². The highest BCUT2D eigenvalue weighted by atomic mass is 16.5. The first-order valence-corrected chi connectivity index (χ1v) is 9.56. The summed E-state index contributed by atoms with van der Waals surface area (Å²) >= 11 is 0. The molecule has 1 heterocycles. The number of amides is 1. The minimum atomic E-state index is -0.366. The van der Waals surface area contributed by atoms with Crippen LogP contribution in [0.25, 0.3) is 0 Å². The summed E-state index contributed by atoms with van der Waals surface area (Å²) in [5, 5.41) is 7.75. The molecular formula is C23H27N3O2. The maximum absolute atomic E-state index is 13.3. The van der Waals surface area contributed by atoms with Gasteiger partial charge in [-0.25, -0.2) is 0 Å². The van der Waals surface area contributed by atoms with Gasteiger partial charge in [-0.1, -0.05) is 55.5 Å². The summed E-state index contributed by atoms with van der Waals surface area (Å²) < 4.78 is 7.37. The lowest BCUT2D eigenvalue weighted by Gasteiger charge is -2.25. The van der Waals surface area contributed by atoms with Crippen molar-refractivity contribution in [2.75, 3.05) is 7.11 Å². The van der Waals surface area contributed by atoms with Crippen LogP contribution in [0.2, 0.25) is 0 Å². The summed E-state index contributed by atoms with van der Waals surface area (Å²) in [7, 11) is 1.65. The normalized spacial score (nSPS) is 13.0. The van der Waals surface area contributed by atoms with Crippen molar-refractivity contribution < 1.29 is 9.53 Å². The summed E-state index contributed by atoms with van der Waals surface area (Å²) in [5.41, 5.74) is 3.82. The van der Waals surface area contributed by atoms with E-state index in [1.54, 1.807) is 7.11 Å². The van der Waals surface area contributed by atoms with Crippen LogP contribution in [0.4, 0.5) is 0 Å². The second kappa shape index (κ2) is 8.74. The summed E-state index contributed by atoms with van der Waals surface area (Å²) in [6.45, 7) is 5.92. The second-order valence-electron chi connectivity index (χ2n) is 6.89. The lowest BCUT2D eigenvalue weighted by Crippen LogP contribution is -2.36. The first-order valence-electron chi connectivity index (χ1n) is 9.56. The molecule has 5 nitrogen and oxygen atoms in total. The molecule has 1 amide bonds. The van der Waals surface area contributed by atoms with Crippen molar-refractivity contribution in [3.63, 3.8) is 0 Å². The molecule has 146 valence electrons. The molecule has 2 atom stereocenters. The first kappa shape index (κ1) is 19.7. The van der Waals surface area contributed by atoms with Crippen molar-refractivity contribution in [3.8, 4) is 5.75 Å². The number of carbonyl (C=O) groups is 1. The summed E-state index contributed by atoms with van der Waals surface area (Å²) in [6, 6.07) is 19.0. The molecule has 1 aromatic heterocycles. The van der Waals surface area contributed by atoms with Crippen LogP contribution in [-0.4, -0.2) is 22.8 Å². The van der Waals surface area contributed by atoms with E-state index in [4.69, 9.17) is 4.74 Å². The van der Waals surface area contributed by atoms with Gasteiger partial charge in [-0.05, 0) is 38.0 Å². The molecule has 0 saturated carbocycles. The quantitative estimate of drug-likeness (QED) is 0.665. The Bertz CT molecular complexity index is 934. The fraction of sp³-hybridized carbons (Fsp3) is 0.304. The molecule has 5 heteroatoms. The molecule has 0 aliphatic carbocycles. The van der Waals surface area contributed by atoms with Gasteiger partial charge in [0, 0.05) is 11.3 Å². The maximum Gasteiger partial charge on any atom is 0.245 e. The highest BCUT2D eigenvalue weighted by Gasteiger charge is 2.26. The highest BCUT2D eigenvalue weighted by Crippen LogP contribution is 2.30. The van der Waals surface area contributed by atoms with E-state index in [0.29, 0.717) is 6.42 Å². The zero-order chi connectivity index (χ0) is 20.1. The zero-order valence-electron chi connectivity index (χ0n) is 16.8. The average molecular weight is 377 g/mol. The van der Waals surface area contributed by atoms with Crippen molar-refractivity contribution in [1.29, 1.82) is 0 Å². The SMILES string of the molecule is CC[C@@H](C(=O)N[C@@H](c1ccccc1)c1ccccc1OC)n1nc(C)cc1C. The van der Waals surface area contributed by atoms with Gasteiger partial charge in [0.2, 0.25) is 5.91 Å². The molecule has 0 bridgehead atoms. The van der Waals surface area contributed by atoms with Crippen molar-refractivity contribution in [2.24, 2.45) is 0 Å². The largest absolute Gasteiger partial charge is 0.496 e. The van der Waals surface area contributed by atoms with E-state index in [2.05, 4.69) is 10.4 Å². The molecule has 28 heavy (non-hydrogen) atoms. The molecule has 0 saturated heterocycles. The number of nitrogens with zero attached hydrogens (tertiary/aromatic N) is 2. The number of ether oxygens (including phenoxy) is 1. The molecule has 0 aliphatic heterocycles. The number of hydrogen-bond donors (Lipinski definition) is 1. The minimum Gasteiger partial charge on any atom is -0.496 e. The van der Waals surface area contributed by atoms with E-state index in [1.807, 2.05) is 86.1 Å². The Morgan fingerprint density at radius 3 is 2.39 bits per heavy atom. The number of rotatable bonds is 7. The molecule has 0 aliphatic rings. The average Bonchev–Trinajstić information content (AvgIpc) is 3.05. The lowest BCUT2D eigenvalue weighted by molar-refractivity contribution is -0.125. The Kier molecular flexibility index (Phi) is 6.14. The van der Waals surface area contributed by atoms with Gasteiger partial charge in [0.05, 0.1) is 18.8 Å². The van der Waals surface area contributed by atoms with Gasteiger partial charge in [0.25, 0.3) is 0 Å². The van der Waals surface area contributed by atoms with E-state index >= 15 is 0 Å². The smallest absolute Gasteiger partial charge is 0.245 e. The molecule has 3 rings (SSSR count). The third-order valence-electron chi connectivity index (χ3n) is 4.90. The van der Waals surface area contributed by atoms with E-state index in [9.17, 15) is 4.79 Å². The molecule has 0 unspecified atom stereocenters. The Hall–Kier alpha value is -3.08. The van der Waals surface area contributed by atoms with Gasteiger partial charge < -0.3 is 10.1 Å². The minimum absolute atomic E-state index is 0.0616. The third-order valence-corrected chi connectivity index (χ3v) is 4.90. The van der Waals surface area contributed by atoms with Gasteiger partial charge in [0.1, 0.15) is 11.8 Å². The molecule has 0 radical (unpaired) electrons. The molecule has 2 aromatic carbocycles. The molecule has 0 spiro atoms. The van der Waals surface area contributed by atoms with E-state index < -0.39 is 0 Å². The number of nitrogens with one attached hydrogen (secondary N) is 1. The number of hydrogen-bond acceptors (Lipinski definition) is 3. The summed E-state index contributed by atoms with van der Waals surface area (Å²) in [5.74, 6) is 0.685. The molecule has 0 fully saturated rings. The van der Waals surface area contributed by atoms with Crippen LogP contribution in [-0.2, 0) is 4.79 Å². The number of aromatic nitrogens is 2. The van der Waals surface area contributed by atoms with Gasteiger partial charge in [-0.2, -0.15) is 5.10 Å². The highest BCUT2D eigenvalue weighted by molar-refractivity contribution is 5.81. The van der Waals surface area contributed by atoms with E-state index in [1.165, 1.54) is 0 Å². The number of methoxy groups -OCH3 is 1. The number of aryl methyl sites for hydroxylation is 2. The van der Waals surface area contributed by atoms with E-state index in [0.717, 1.165) is 28.3 Å². The van der Waals surface area contributed by atoms with E-state index in [-0.39, 0.29) is 18.0 Å². The second-order valence-corrected chi connectivity index (χ2v) is 6.89. The predicted octanol–water partition coefficient (Wildman–Crippen LogP) is 4.37. The molecule has 1 N–H and O–H groups in total. The van der Waals surface area contributed by atoms with Crippen LogP contribution in [0, 0.1) is 13.8 Å². The number of carbonyl (C=O) groups excluding carboxylic acids is 1. The van der Waals surface area contributed by atoms with Crippen LogP contribution in [0.15, 0.2) is 60.7 Å². The van der Waals surface area contributed by atoms with Crippen molar-refractivity contribution in [1.82, 2.24) is 15.1 Å². The van der Waals surface area contributed by atoms with Crippen LogP contribution >= 0.6 is 0 Å². The standard InChI is InChI=1S/C23H27N3O2/c1-5-20(26-17(3)15-16(2)25-26)23(27)24-22(18-11-7-6-8-12-18)19-13-9-10-14-21(19)28-4/h6-15,20,22H,5H2,1-4H3,(H,24,27)/t20-,22-/m0/s1. The third kappa shape index (κ3) is 4.09. The molecular weight excluding hydrogens is 350 g/mol. The molecule has 3 aromatic rings. The van der Waals surface area contributed by atoms with Gasteiger partial charge >= 0.3 is 0 Å². The first-order chi connectivity index (χ1) is 13.5. The van der Waals surface area contributed by atoms with Crippen LogP contribution in [0.3, 0.4) is 0 Å². The monoisotopic (exact) mass is 377 g/mol. The Morgan fingerprint density at radius 1 is 1.11 bits per heavy atom. The Morgan fingerprint density at radius 2 is 1.79 bits per heavy atom. The van der Waals surface area contributed by atoms with Gasteiger partial charge in [-0.15, -0.1) is 0 Å². The van der Waals surface area contributed by atoms with Crippen LogP contribution in [0.1, 0.15) is 47.9 Å². The Balaban J connectivity index is 1.97. The van der Waals surface area contributed by atoms with Crippen molar-refractivity contribution in [3.05, 3.63) is 83.2 Å². The predicted molar refractivity (Wildman–Crippen MR) is 110 cm³/mol. The maximum atomic E-state index is 13.3. The summed E-state index contributed by atoms with van der Waals surface area (Å²) in [6.07, 6.45) is 0.654. The number of benzene rings is 2. The topological polar surface area (TPSA) is 56.1 Å². The van der Waals surface area contributed by atoms with Gasteiger partial charge in [-0.3, -0.25) is 9.48 Å². The lowest BCUT2D eigenvalue weighted by atomic mass is 9.97. The Labute approximate surface area is 166 Å². The summed E-state index contributed by atoms with van der Waals surface area (Å²) in [4.78, 5) is 13.3.